The number of imidazole rings is 1. The van der Waals surface area contributed by atoms with Crippen molar-refractivity contribution in [2.45, 2.75) is 25.3 Å². The minimum Gasteiger partial charge on any atom is -0.381 e. The fourth-order valence-corrected chi connectivity index (χ4v) is 2.28. The molecule has 1 atom stereocenters. The van der Waals surface area contributed by atoms with E-state index in [1.807, 2.05) is 24.0 Å². The second-order valence-corrected chi connectivity index (χ2v) is 4.41. The Morgan fingerprint density at radius 2 is 2.38 bits per heavy atom. The highest BCUT2D eigenvalue weighted by Crippen LogP contribution is 2.26. The summed E-state index contributed by atoms with van der Waals surface area (Å²) in [6, 6.07) is 0.142. The second-order valence-electron chi connectivity index (χ2n) is 4.41. The first kappa shape index (κ1) is 11.6. The predicted octanol–water partition coefficient (Wildman–Crippen LogP) is 0.741. The van der Waals surface area contributed by atoms with Crippen LogP contribution in [-0.2, 0) is 11.8 Å². The Morgan fingerprint density at radius 1 is 1.62 bits per heavy atom. The summed E-state index contributed by atoms with van der Waals surface area (Å²) >= 11 is 0. The van der Waals surface area contributed by atoms with Crippen molar-refractivity contribution in [1.82, 2.24) is 15.0 Å². The van der Waals surface area contributed by atoms with Gasteiger partial charge < -0.3 is 9.30 Å². The molecule has 2 rings (SSSR count). The molecule has 1 aliphatic rings. The summed E-state index contributed by atoms with van der Waals surface area (Å²) in [5.41, 5.74) is 2.87. The zero-order valence-electron chi connectivity index (χ0n) is 9.72. The molecule has 3 N–H and O–H groups in total. The maximum atomic E-state index is 5.62. The molecule has 16 heavy (non-hydrogen) atoms. The summed E-state index contributed by atoms with van der Waals surface area (Å²) in [7, 11) is 2.00. The van der Waals surface area contributed by atoms with Crippen molar-refractivity contribution in [3.63, 3.8) is 0 Å². The first-order valence-electron chi connectivity index (χ1n) is 5.82. The van der Waals surface area contributed by atoms with Gasteiger partial charge in [-0.2, -0.15) is 0 Å². The van der Waals surface area contributed by atoms with Gasteiger partial charge in [0.15, 0.2) is 0 Å². The molecule has 1 unspecified atom stereocenters. The smallest absolute Gasteiger partial charge is 0.126 e. The van der Waals surface area contributed by atoms with Gasteiger partial charge in [0.05, 0.1) is 6.04 Å². The SMILES string of the molecule is Cn1ccnc1C(CC1CCOCC1)NN. The highest BCUT2D eigenvalue weighted by molar-refractivity contribution is 4.98. The maximum absolute atomic E-state index is 5.62. The van der Waals surface area contributed by atoms with E-state index in [1.54, 1.807) is 0 Å². The van der Waals surface area contributed by atoms with Crippen molar-refractivity contribution in [2.75, 3.05) is 13.2 Å². The van der Waals surface area contributed by atoms with Crippen LogP contribution < -0.4 is 11.3 Å². The first-order valence-corrected chi connectivity index (χ1v) is 5.82. The molecule has 90 valence electrons. The molecule has 0 saturated carbocycles. The maximum Gasteiger partial charge on any atom is 0.126 e. The largest absolute Gasteiger partial charge is 0.381 e. The van der Waals surface area contributed by atoms with Crippen LogP contribution in [0.3, 0.4) is 0 Å². The van der Waals surface area contributed by atoms with E-state index < -0.39 is 0 Å². The third-order valence-corrected chi connectivity index (χ3v) is 3.28. The van der Waals surface area contributed by atoms with Crippen molar-refractivity contribution in [2.24, 2.45) is 18.8 Å². The molecule has 0 aliphatic carbocycles. The Kier molecular flexibility index (Phi) is 3.93. The predicted molar refractivity (Wildman–Crippen MR) is 61.4 cm³/mol. The molecule has 1 aliphatic heterocycles. The van der Waals surface area contributed by atoms with Gasteiger partial charge in [-0.05, 0) is 25.2 Å². The quantitative estimate of drug-likeness (QED) is 0.585. The van der Waals surface area contributed by atoms with Crippen LogP contribution in [0.25, 0.3) is 0 Å². The van der Waals surface area contributed by atoms with Crippen LogP contribution in [0.5, 0.6) is 0 Å². The van der Waals surface area contributed by atoms with Crippen LogP contribution in [0.4, 0.5) is 0 Å². The molecular weight excluding hydrogens is 204 g/mol. The third kappa shape index (κ3) is 2.61. The van der Waals surface area contributed by atoms with Crippen molar-refractivity contribution >= 4 is 0 Å². The Hall–Kier alpha value is -0.910. The van der Waals surface area contributed by atoms with E-state index in [0.29, 0.717) is 5.92 Å². The van der Waals surface area contributed by atoms with E-state index in [9.17, 15) is 0 Å². The molecule has 1 aromatic rings. The zero-order chi connectivity index (χ0) is 11.4. The highest BCUT2D eigenvalue weighted by atomic mass is 16.5. The molecule has 1 fully saturated rings. The zero-order valence-corrected chi connectivity index (χ0v) is 9.72. The lowest BCUT2D eigenvalue weighted by molar-refractivity contribution is 0.0601. The van der Waals surface area contributed by atoms with Gasteiger partial charge in [-0.1, -0.05) is 0 Å². The number of rotatable bonds is 4. The Morgan fingerprint density at radius 3 is 2.94 bits per heavy atom. The topological polar surface area (TPSA) is 65.1 Å². The van der Waals surface area contributed by atoms with Crippen LogP contribution >= 0.6 is 0 Å². The average molecular weight is 224 g/mol. The molecule has 1 saturated heterocycles. The monoisotopic (exact) mass is 224 g/mol. The van der Waals surface area contributed by atoms with E-state index in [-0.39, 0.29) is 6.04 Å². The molecule has 2 heterocycles. The number of nitrogens with one attached hydrogen (secondary N) is 1. The molecule has 0 amide bonds. The van der Waals surface area contributed by atoms with Crippen molar-refractivity contribution in [3.8, 4) is 0 Å². The van der Waals surface area contributed by atoms with Gasteiger partial charge in [-0.3, -0.25) is 5.84 Å². The van der Waals surface area contributed by atoms with Crippen molar-refractivity contribution in [1.29, 1.82) is 0 Å². The number of hydrogen-bond acceptors (Lipinski definition) is 4. The fraction of sp³-hybridized carbons (Fsp3) is 0.727. The van der Waals surface area contributed by atoms with E-state index in [1.165, 1.54) is 0 Å². The third-order valence-electron chi connectivity index (χ3n) is 3.28. The molecule has 0 aromatic carbocycles. The van der Waals surface area contributed by atoms with Gasteiger partial charge in [0.1, 0.15) is 5.82 Å². The Balaban J connectivity index is 1.97. The lowest BCUT2D eigenvalue weighted by atomic mass is 9.92. The minimum atomic E-state index is 0.142. The molecule has 5 nitrogen and oxygen atoms in total. The summed E-state index contributed by atoms with van der Waals surface area (Å²) in [6.45, 7) is 1.76. The van der Waals surface area contributed by atoms with Crippen LogP contribution in [0, 0.1) is 5.92 Å². The van der Waals surface area contributed by atoms with Crippen LogP contribution in [0.1, 0.15) is 31.1 Å². The number of hydrogen-bond donors (Lipinski definition) is 2. The van der Waals surface area contributed by atoms with Gasteiger partial charge in [-0.25, -0.2) is 10.4 Å². The summed E-state index contributed by atoms with van der Waals surface area (Å²) in [5, 5.41) is 0. The number of aryl methyl sites for hydroxylation is 1. The fourth-order valence-electron chi connectivity index (χ4n) is 2.28. The first-order chi connectivity index (χ1) is 7.81. The summed E-state index contributed by atoms with van der Waals surface area (Å²) < 4.78 is 7.37. The number of hydrazine groups is 1. The lowest BCUT2D eigenvalue weighted by Crippen LogP contribution is -2.32. The van der Waals surface area contributed by atoms with Gasteiger partial charge >= 0.3 is 0 Å². The lowest BCUT2D eigenvalue weighted by Gasteiger charge is -2.26. The van der Waals surface area contributed by atoms with Gasteiger partial charge in [0, 0.05) is 32.7 Å². The van der Waals surface area contributed by atoms with E-state index in [2.05, 4.69) is 10.4 Å². The normalized spacial score (nSPS) is 19.9. The van der Waals surface area contributed by atoms with E-state index in [4.69, 9.17) is 10.6 Å². The van der Waals surface area contributed by atoms with Crippen LogP contribution in [0.15, 0.2) is 12.4 Å². The number of aromatic nitrogens is 2. The van der Waals surface area contributed by atoms with Crippen molar-refractivity contribution < 1.29 is 4.74 Å². The molecule has 0 bridgehead atoms. The van der Waals surface area contributed by atoms with Crippen molar-refractivity contribution in [3.05, 3.63) is 18.2 Å². The summed E-state index contributed by atoms with van der Waals surface area (Å²) in [5.74, 6) is 7.31. The standard InChI is InChI=1S/C11H20N4O/c1-15-5-4-13-11(15)10(14-12)8-9-2-6-16-7-3-9/h4-5,9-10,14H,2-3,6-8,12H2,1H3. The summed E-state index contributed by atoms with van der Waals surface area (Å²) in [4.78, 5) is 4.34. The second kappa shape index (κ2) is 5.43. The minimum absolute atomic E-state index is 0.142. The molecule has 0 radical (unpaired) electrons. The average Bonchev–Trinajstić information content (AvgIpc) is 2.74. The van der Waals surface area contributed by atoms with Crippen LogP contribution in [0.2, 0.25) is 0 Å². The van der Waals surface area contributed by atoms with Crippen LogP contribution in [-0.4, -0.2) is 22.8 Å². The Labute approximate surface area is 96.0 Å². The van der Waals surface area contributed by atoms with E-state index >= 15 is 0 Å². The number of ether oxygens (including phenoxy) is 1. The number of nitrogens with two attached hydrogens (primary N) is 1. The highest BCUT2D eigenvalue weighted by Gasteiger charge is 2.21. The Bertz CT molecular complexity index is 320. The molecule has 0 spiro atoms. The van der Waals surface area contributed by atoms with E-state index in [0.717, 1.165) is 38.3 Å². The van der Waals surface area contributed by atoms with Gasteiger partial charge in [-0.15, -0.1) is 0 Å². The van der Waals surface area contributed by atoms with Gasteiger partial charge in [0.25, 0.3) is 0 Å². The molecular formula is C11H20N4O. The molecule has 1 aromatic heterocycles. The van der Waals surface area contributed by atoms with Gasteiger partial charge in [0.2, 0.25) is 0 Å². The number of nitrogens with zero attached hydrogens (tertiary/aromatic N) is 2. The molecule has 5 heteroatoms. The summed E-state index contributed by atoms with van der Waals surface area (Å²) in [6.07, 6.45) is 7.04.